The van der Waals surface area contributed by atoms with Gasteiger partial charge in [-0.3, -0.25) is 14.5 Å². The van der Waals surface area contributed by atoms with Crippen molar-refractivity contribution in [3.8, 4) is 0 Å². The number of carbonyl (C=O) groups excluding carboxylic acids is 1. The average Bonchev–Trinajstić information content (AvgIpc) is 2.07. The number of aliphatic carboxylic acids is 1. The Morgan fingerprint density at radius 1 is 1.50 bits per heavy atom. The molecule has 1 rings (SSSR count). The van der Waals surface area contributed by atoms with E-state index in [1.807, 2.05) is 25.8 Å². The molecular formula is C9H16N2O3. The Bertz CT molecular complexity index is 263. The van der Waals surface area contributed by atoms with Crippen molar-refractivity contribution in [2.75, 3.05) is 26.7 Å². The number of carbonyl (C=O) groups is 2. The van der Waals surface area contributed by atoms with Gasteiger partial charge in [0.05, 0.1) is 5.54 Å². The van der Waals surface area contributed by atoms with Crippen LogP contribution < -0.4 is 0 Å². The summed E-state index contributed by atoms with van der Waals surface area (Å²) in [5, 5.41) is 8.61. The van der Waals surface area contributed by atoms with Crippen molar-refractivity contribution in [3.05, 3.63) is 0 Å². The molecule has 0 spiro atoms. The highest BCUT2D eigenvalue weighted by molar-refractivity contribution is 5.88. The molecule has 0 saturated carbocycles. The first-order valence-corrected chi connectivity index (χ1v) is 4.58. The van der Waals surface area contributed by atoms with Gasteiger partial charge in [-0.05, 0) is 20.9 Å². The average molecular weight is 200 g/mol. The molecule has 0 radical (unpaired) electrons. The summed E-state index contributed by atoms with van der Waals surface area (Å²) >= 11 is 0. The number of hydrogen-bond acceptors (Lipinski definition) is 3. The van der Waals surface area contributed by atoms with Crippen LogP contribution in [0.4, 0.5) is 0 Å². The van der Waals surface area contributed by atoms with Gasteiger partial charge in [0.25, 0.3) is 0 Å². The summed E-state index contributed by atoms with van der Waals surface area (Å²) < 4.78 is 0. The second-order valence-electron chi connectivity index (χ2n) is 4.10. The van der Waals surface area contributed by atoms with Gasteiger partial charge in [-0.15, -0.1) is 0 Å². The Hall–Kier alpha value is -1.10. The van der Waals surface area contributed by atoms with Crippen molar-refractivity contribution in [1.29, 1.82) is 0 Å². The van der Waals surface area contributed by atoms with Crippen LogP contribution in [0, 0.1) is 0 Å². The highest BCUT2D eigenvalue weighted by Gasteiger charge is 2.40. The predicted molar refractivity (Wildman–Crippen MR) is 50.9 cm³/mol. The largest absolute Gasteiger partial charge is 0.480 e. The first-order chi connectivity index (χ1) is 6.35. The molecule has 0 atom stereocenters. The molecule has 0 aliphatic carbocycles. The molecule has 1 aliphatic rings. The monoisotopic (exact) mass is 200 g/mol. The van der Waals surface area contributed by atoms with Gasteiger partial charge in [-0.1, -0.05) is 0 Å². The highest BCUT2D eigenvalue weighted by atomic mass is 16.4. The van der Waals surface area contributed by atoms with Crippen LogP contribution in [0.1, 0.15) is 13.8 Å². The predicted octanol–water partition coefficient (Wildman–Crippen LogP) is -0.376. The summed E-state index contributed by atoms with van der Waals surface area (Å²) in [5.41, 5.74) is -0.590. The second-order valence-corrected chi connectivity index (χ2v) is 4.10. The van der Waals surface area contributed by atoms with Crippen molar-refractivity contribution in [1.82, 2.24) is 9.80 Å². The van der Waals surface area contributed by atoms with E-state index in [2.05, 4.69) is 0 Å². The lowest BCUT2D eigenvalue weighted by Crippen LogP contribution is -2.62. The van der Waals surface area contributed by atoms with Crippen LogP contribution in [0.3, 0.4) is 0 Å². The van der Waals surface area contributed by atoms with E-state index in [0.717, 1.165) is 0 Å². The lowest BCUT2D eigenvalue weighted by Gasteiger charge is -2.43. The Balaban J connectivity index is 2.75. The maximum atomic E-state index is 11.8. The molecule has 1 amide bonds. The Labute approximate surface area is 83.3 Å². The van der Waals surface area contributed by atoms with E-state index in [1.54, 1.807) is 0 Å². The zero-order valence-corrected chi connectivity index (χ0v) is 8.78. The number of hydrogen-bond donors (Lipinski definition) is 1. The fraction of sp³-hybridized carbons (Fsp3) is 0.778. The minimum absolute atomic E-state index is 0.117. The van der Waals surface area contributed by atoms with Gasteiger partial charge in [0.15, 0.2) is 0 Å². The third-order valence-electron chi connectivity index (χ3n) is 2.80. The van der Waals surface area contributed by atoms with E-state index < -0.39 is 11.5 Å². The summed E-state index contributed by atoms with van der Waals surface area (Å²) in [5.74, 6) is -1.08. The SMILES string of the molecule is CN1CCN(CC(=O)O)C(=O)C1(C)C. The number of piperazine rings is 1. The van der Waals surface area contributed by atoms with Crippen LogP contribution in [0.25, 0.3) is 0 Å². The number of likely N-dealkylation sites (N-methyl/N-ethyl adjacent to an activating group) is 1. The van der Waals surface area contributed by atoms with Crippen molar-refractivity contribution in [2.24, 2.45) is 0 Å². The van der Waals surface area contributed by atoms with E-state index in [1.165, 1.54) is 4.90 Å². The van der Waals surface area contributed by atoms with Crippen LogP contribution >= 0.6 is 0 Å². The lowest BCUT2D eigenvalue weighted by atomic mass is 9.98. The van der Waals surface area contributed by atoms with Gasteiger partial charge in [0, 0.05) is 13.1 Å². The first-order valence-electron chi connectivity index (χ1n) is 4.58. The molecule has 0 unspecified atom stereocenters. The molecule has 1 aliphatic heterocycles. The third-order valence-corrected chi connectivity index (χ3v) is 2.80. The molecule has 0 aromatic carbocycles. The Morgan fingerprint density at radius 2 is 2.07 bits per heavy atom. The fourth-order valence-electron chi connectivity index (χ4n) is 1.52. The zero-order valence-electron chi connectivity index (χ0n) is 8.78. The second kappa shape index (κ2) is 3.57. The lowest BCUT2D eigenvalue weighted by molar-refractivity contribution is -0.154. The van der Waals surface area contributed by atoms with Crippen LogP contribution in [0.2, 0.25) is 0 Å². The van der Waals surface area contributed by atoms with Crippen molar-refractivity contribution >= 4 is 11.9 Å². The molecule has 5 nitrogen and oxygen atoms in total. The first kappa shape index (κ1) is 11.0. The summed E-state index contributed by atoms with van der Waals surface area (Å²) in [7, 11) is 1.87. The number of carboxylic acids is 1. The Kier molecular flexibility index (Phi) is 2.80. The van der Waals surface area contributed by atoms with Crippen LogP contribution in [0.15, 0.2) is 0 Å². The topological polar surface area (TPSA) is 60.9 Å². The minimum atomic E-state index is -0.960. The van der Waals surface area contributed by atoms with Gasteiger partial charge < -0.3 is 10.0 Å². The van der Waals surface area contributed by atoms with Crippen molar-refractivity contribution in [2.45, 2.75) is 19.4 Å². The highest BCUT2D eigenvalue weighted by Crippen LogP contribution is 2.19. The number of rotatable bonds is 2. The third kappa shape index (κ3) is 1.87. The normalized spacial score (nSPS) is 22.5. The smallest absolute Gasteiger partial charge is 0.323 e. The Morgan fingerprint density at radius 3 is 2.57 bits per heavy atom. The molecule has 80 valence electrons. The van der Waals surface area contributed by atoms with E-state index in [-0.39, 0.29) is 12.5 Å². The number of nitrogens with zero attached hydrogens (tertiary/aromatic N) is 2. The summed E-state index contributed by atoms with van der Waals surface area (Å²) in [6.07, 6.45) is 0. The van der Waals surface area contributed by atoms with Gasteiger partial charge in [-0.25, -0.2) is 0 Å². The van der Waals surface area contributed by atoms with Gasteiger partial charge >= 0.3 is 5.97 Å². The van der Waals surface area contributed by atoms with Gasteiger partial charge in [0.1, 0.15) is 6.54 Å². The van der Waals surface area contributed by atoms with Gasteiger partial charge in [0.2, 0.25) is 5.91 Å². The standard InChI is InChI=1S/C9H16N2O3/c1-9(2)8(14)11(6-7(12)13)5-4-10(9)3/h4-6H2,1-3H3,(H,12,13). The fourth-order valence-corrected chi connectivity index (χ4v) is 1.52. The van der Waals surface area contributed by atoms with E-state index in [0.29, 0.717) is 13.1 Å². The number of amides is 1. The summed E-state index contributed by atoms with van der Waals surface area (Å²) in [6.45, 7) is 4.62. The number of carboxylic acid groups (broad SMARTS) is 1. The van der Waals surface area contributed by atoms with Crippen LogP contribution in [-0.2, 0) is 9.59 Å². The molecule has 1 heterocycles. The summed E-state index contributed by atoms with van der Waals surface area (Å²) in [4.78, 5) is 25.6. The summed E-state index contributed by atoms with van der Waals surface area (Å²) in [6, 6.07) is 0. The molecule has 1 fully saturated rings. The van der Waals surface area contributed by atoms with Gasteiger partial charge in [-0.2, -0.15) is 0 Å². The molecule has 5 heteroatoms. The van der Waals surface area contributed by atoms with Crippen LogP contribution in [0.5, 0.6) is 0 Å². The maximum Gasteiger partial charge on any atom is 0.323 e. The van der Waals surface area contributed by atoms with Crippen molar-refractivity contribution < 1.29 is 14.7 Å². The van der Waals surface area contributed by atoms with Crippen molar-refractivity contribution in [3.63, 3.8) is 0 Å². The molecule has 1 saturated heterocycles. The maximum absolute atomic E-state index is 11.8. The van der Waals surface area contributed by atoms with Crippen LogP contribution in [-0.4, -0.2) is 59.0 Å². The molecular weight excluding hydrogens is 184 g/mol. The molecule has 0 aromatic rings. The van der Waals surface area contributed by atoms with E-state index >= 15 is 0 Å². The molecule has 0 aromatic heterocycles. The quantitative estimate of drug-likeness (QED) is 0.660. The van der Waals surface area contributed by atoms with E-state index in [4.69, 9.17) is 5.11 Å². The zero-order chi connectivity index (χ0) is 10.9. The molecule has 14 heavy (non-hydrogen) atoms. The van der Waals surface area contributed by atoms with E-state index in [9.17, 15) is 9.59 Å². The molecule has 0 bridgehead atoms. The minimum Gasteiger partial charge on any atom is -0.480 e. The molecule has 1 N–H and O–H groups in total.